The van der Waals surface area contributed by atoms with Crippen molar-refractivity contribution in [3.63, 3.8) is 0 Å². The SMILES string of the molecule is CC1CCc2ccccc2N1S(=O)(=O)c1cccc(F)c1. The van der Waals surface area contributed by atoms with E-state index in [-0.39, 0.29) is 10.9 Å². The molecular formula is C16H16FNO2S. The van der Waals surface area contributed by atoms with Crippen LogP contribution < -0.4 is 4.31 Å². The maximum atomic E-state index is 13.4. The van der Waals surface area contributed by atoms with Crippen molar-refractivity contribution in [3.05, 3.63) is 59.9 Å². The fourth-order valence-corrected chi connectivity index (χ4v) is 4.52. The van der Waals surface area contributed by atoms with Crippen molar-refractivity contribution in [1.82, 2.24) is 0 Å². The number of hydrogen-bond acceptors (Lipinski definition) is 2. The van der Waals surface area contributed by atoms with Gasteiger partial charge in [-0.25, -0.2) is 12.8 Å². The first-order valence-electron chi connectivity index (χ1n) is 6.88. The molecule has 1 aliphatic heterocycles. The lowest BCUT2D eigenvalue weighted by Crippen LogP contribution is -2.42. The van der Waals surface area contributed by atoms with Crippen molar-refractivity contribution in [2.45, 2.75) is 30.7 Å². The summed E-state index contributed by atoms with van der Waals surface area (Å²) in [6.45, 7) is 1.88. The Morgan fingerprint density at radius 2 is 1.90 bits per heavy atom. The zero-order valence-corrected chi connectivity index (χ0v) is 12.5. The Morgan fingerprint density at radius 3 is 2.67 bits per heavy atom. The fraction of sp³-hybridized carbons (Fsp3) is 0.250. The minimum atomic E-state index is -3.75. The van der Waals surface area contributed by atoms with E-state index < -0.39 is 15.8 Å². The number of benzene rings is 2. The predicted molar refractivity (Wildman–Crippen MR) is 80.3 cm³/mol. The third-order valence-corrected chi connectivity index (χ3v) is 5.74. The molecule has 0 amide bonds. The van der Waals surface area contributed by atoms with Gasteiger partial charge in [0, 0.05) is 6.04 Å². The van der Waals surface area contributed by atoms with Gasteiger partial charge in [0.15, 0.2) is 0 Å². The molecule has 0 aliphatic carbocycles. The number of fused-ring (bicyclic) bond motifs is 1. The molecule has 2 aromatic rings. The van der Waals surface area contributed by atoms with Crippen LogP contribution in [-0.2, 0) is 16.4 Å². The van der Waals surface area contributed by atoms with E-state index in [0.717, 1.165) is 24.5 Å². The van der Waals surface area contributed by atoms with Gasteiger partial charge in [-0.2, -0.15) is 0 Å². The maximum absolute atomic E-state index is 13.4. The predicted octanol–water partition coefficient (Wildman–Crippen LogP) is 3.36. The van der Waals surface area contributed by atoms with Crippen molar-refractivity contribution < 1.29 is 12.8 Å². The molecule has 1 heterocycles. The van der Waals surface area contributed by atoms with Crippen LogP contribution in [0.25, 0.3) is 0 Å². The Labute approximate surface area is 124 Å². The van der Waals surface area contributed by atoms with Crippen LogP contribution >= 0.6 is 0 Å². The van der Waals surface area contributed by atoms with Crippen LogP contribution in [0.15, 0.2) is 53.4 Å². The van der Waals surface area contributed by atoms with Crippen molar-refractivity contribution >= 4 is 15.7 Å². The Bertz CT molecular complexity index is 773. The number of para-hydroxylation sites is 1. The van der Waals surface area contributed by atoms with Crippen molar-refractivity contribution in [2.75, 3.05) is 4.31 Å². The number of rotatable bonds is 2. The summed E-state index contributed by atoms with van der Waals surface area (Å²) in [5, 5.41) is 0. The van der Waals surface area contributed by atoms with E-state index in [1.54, 1.807) is 0 Å². The molecule has 3 rings (SSSR count). The Hall–Kier alpha value is -1.88. The molecule has 0 N–H and O–H groups in total. The third kappa shape index (κ3) is 2.42. The lowest BCUT2D eigenvalue weighted by Gasteiger charge is -2.35. The second-order valence-corrected chi connectivity index (χ2v) is 7.09. The molecule has 21 heavy (non-hydrogen) atoms. The lowest BCUT2D eigenvalue weighted by molar-refractivity contribution is 0.561. The zero-order chi connectivity index (χ0) is 15.0. The van der Waals surface area contributed by atoms with Crippen LogP contribution in [-0.4, -0.2) is 14.5 Å². The fourth-order valence-electron chi connectivity index (χ4n) is 2.76. The molecule has 0 radical (unpaired) electrons. The number of hydrogen-bond donors (Lipinski definition) is 0. The third-order valence-electron chi connectivity index (χ3n) is 3.81. The Balaban J connectivity index is 2.15. The van der Waals surface area contributed by atoms with E-state index in [0.29, 0.717) is 5.69 Å². The van der Waals surface area contributed by atoms with Gasteiger partial charge < -0.3 is 0 Å². The molecular weight excluding hydrogens is 289 g/mol. The molecule has 1 aliphatic rings. The number of halogens is 1. The molecule has 1 unspecified atom stereocenters. The van der Waals surface area contributed by atoms with Crippen molar-refractivity contribution in [2.24, 2.45) is 0 Å². The second-order valence-electron chi connectivity index (χ2n) is 5.27. The van der Waals surface area contributed by atoms with E-state index in [1.165, 1.54) is 22.5 Å². The molecule has 1 atom stereocenters. The van der Waals surface area contributed by atoms with Crippen LogP contribution in [0.1, 0.15) is 18.9 Å². The first-order valence-corrected chi connectivity index (χ1v) is 8.32. The van der Waals surface area contributed by atoms with Crippen LogP contribution in [0.3, 0.4) is 0 Å². The second kappa shape index (κ2) is 5.15. The Morgan fingerprint density at radius 1 is 1.14 bits per heavy atom. The lowest BCUT2D eigenvalue weighted by atomic mass is 9.99. The van der Waals surface area contributed by atoms with Crippen LogP contribution in [0, 0.1) is 5.82 Å². The molecule has 3 nitrogen and oxygen atoms in total. The van der Waals surface area contributed by atoms with Gasteiger partial charge in [-0.1, -0.05) is 24.3 Å². The van der Waals surface area contributed by atoms with E-state index >= 15 is 0 Å². The van der Waals surface area contributed by atoms with Crippen molar-refractivity contribution in [1.29, 1.82) is 0 Å². The van der Waals surface area contributed by atoms with E-state index in [2.05, 4.69) is 0 Å². The highest BCUT2D eigenvalue weighted by Crippen LogP contribution is 2.35. The van der Waals surface area contributed by atoms with Gasteiger partial charge in [0.2, 0.25) is 0 Å². The number of aryl methyl sites for hydroxylation is 1. The van der Waals surface area contributed by atoms with Gasteiger partial charge in [0.05, 0.1) is 10.6 Å². The van der Waals surface area contributed by atoms with Crippen LogP contribution in [0.5, 0.6) is 0 Å². The quantitative estimate of drug-likeness (QED) is 0.853. The highest BCUT2D eigenvalue weighted by Gasteiger charge is 2.33. The summed E-state index contributed by atoms with van der Waals surface area (Å²) in [5.41, 5.74) is 1.70. The molecule has 0 aromatic heterocycles. The summed E-state index contributed by atoms with van der Waals surface area (Å²) >= 11 is 0. The van der Waals surface area contributed by atoms with Crippen LogP contribution in [0.4, 0.5) is 10.1 Å². The summed E-state index contributed by atoms with van der Waals surface area (Å²) in [4.78, 5) is -0.00828. The van der Waals surface area contributed by atoms with Gasteiger partial charge in [-0.05, 0) is 49.6 Å². The molecule has 0 spiro atoms. The minimum absolute atomic E-state index is 0.00828. The summed E-state index contributed by atoms with van der Waals surface area (Å²) < 4.78 is 40.5. The molecule has 2 aromatic carbocycles. The monoisotopic (exact) mass is 305 g/mol. The minimum Gasteiger partial charge on any atom is -0.263 e. The molecule has 0 fully saturated rings. The molecule has 0 saturated heterocycles. The normalized spacial score (nSPS) is 18.4. The number of nitrogens with zero attached hydrogens (tertiary/aromatic N) is 1. The smallest absolute Gasteiger partial charge is 0.263 e. The van der Waals surface area contributed by atoms with E-state index in [1.807, 2.05) is 31.2 Å². The first-order chi connectivity index (χ1) is 10.00. The molecule has 0 saturated carbocycles. The van der Waals surface area contributed by atoms with Gasteiger partial charge in [0.1, 0.15) is 5.82 Å². The highest BCUT2D eigenvalue weighted by molar-refractivity contribution is 7.92. The van der Waals surface area contributed by atoms with E-state index in [4.69, 9.17) is 0 Å². The average molecular weight is 305 g/mol. The summed E-state index contributed by atoms with van der Waals surface area (Å²) in [5.74, 6) is -0.547. The zero-order valence-electron chi connectivity index (χ0n) is 11.7. The van der Waals surface area contributed by atoms with Gasteiger partial charge in [-0.3, -0.25) is 4.31 Å². The molecule has 5 heteroatoms. The van der Waals surface area contributed by atoms with Crippen LogP contribution in [0.2, 0.25) is 0 Å². The highest BCUT2D eigenvalue weighted by atomic mass is 32.2. The topological polar surface area (TPSA) is 37.4 Å². The summed E-state index contributed by atoms with van der Waals surface area (Å²) in [6, 6.07) is 12.5. The van der Waals surface area contributed by atoms with Gasteiger partial charge in [-0.15, -0.1) is 0 Å². The largest absolute Gasteiger partial charge is 0.264 e. The molecule has 110 valence electrons. The molecule has 0 bridgehead atoms. The van der Waals surface area contributed by atoms with Crippen molar-refractivity contribution in [3.8, 4) is 0 Å². The van der Waals surface area contributed by atoms with E-state index in [9.17, 15) is 12.8 Å². The maximum Gasteiger partial charge on any atom is 0.264 e. The first kappa shape index (κ1) is 14.1. The summed E-state index contributed by atoms with van der Waals surface area (Å²) in [6.07, 6.45) is 1.61. The number of sulfonamides is 1. The van der Waals surface area contributed by atoms with Gasteiger partial charge in [0.25, 0.3) is 10.0 Å². The Kier molecular flexibility index (Phi) is 3.45. The standard InChI is InChI=1S/C16H16FNO2S/c1-12-9-10-13-5-2-3-8-16(13)18(12)21(19,20)15-7-4-6-14(17)11-15/h2-8,11-12H,9-10H2,1H3. The summed E-state index contributed by atoms with van der Waals surface area (Å²) in [7, 11) is -3.75. The number of anilines is 1. The van der Waals surface area contributed by atoms with Gasteiger partial charge >= 0.3 is 0 Å². The average Bonchev–Trinajstić information content (AvgIpc) is 2.46.